The molecule has 1 N–H and O–H groups in total. The van der Waals surface area contributed by atoms with Crippen molar-refractivity contribution in [1.29, 1.82) is 0 Å². The number of rotatable bonds is 0. The molecule has 0 atom stereocenters. The van der Waals surface area contributed by atoms with Crippen LogP contribution in [0.15, 0.2) is 0 Å². The van der Waals surface area contributed by atoms with Crippen LogP contribution in [0.25, 0.3) is 0 Å². The van der Waals surface area contributed by atoms with Gasteiger partial charge in [-0.25, -0.2) is 0 Å². The second kappa shape index (κ2) is 6.61. The van der Waals surface area contributed by atoms with Gasteiger partial charge in [0.2, 0.25) is 5.91 Å². The number of amides is 1. The van der Waals surface area contributed by atoms with Gasteiger partial charge in [0.15, 0.2) is 0 Å². The summed E-state index contributed by atoms with van der Waals surface area (Å²) in [6.07, 6.45) is 1.76. The summed E-state index contributed by atoms with van der Waals surface area (Å²) in [4.78, 5) is 10.1. The predicted octanol–water partition coefficient (Wildman–Crippen LogP) is -0.415. The summed E-state index contributed by atoms with van der Waals surface area (Å²) in [7, 11) is 0. The maximum atomic E-state index is 10.1. The quantitative estimate of drug-likeness (QED) is 0.471. The zero-order valence-corrected chi connectivity index (χ0v) is 8.57. The van der Waals surface area contributed by atoms with Crippen LogP contribution in [0.4, 0.5) is 0 Å². The molecule has 42 valence electrons. The number of carbonyl (C=O) groups is 1. The van der Waals surface area contributed by atoms with E-state index in [0.29, 0.717) is 0 Å². The van der Waals surface area contributed by atoms with Crippen LogP contribution >= 0.6 is 0 Å². The SMILES string of the molecule is O=C1CCCN1.[Ca+2].[H-].[H-].[H-].[H-].[Mg+2]. The Labute approximate surface area is 101 Å². The number of carbonyl (C=O) groups excluding carboxylic acids is 1. The zero-order valence-electron chi connectivity index (χ0n) is 8.94. The maximum Gasteiger partial charge on any atom is 2.00 e. The van der Waals surface area contributed by atoms with Crippen molar-refractivity contribution in [2.45, 2.75) is 12.8 Å². The van der Waals surface area contributed by atoms with Crippen LogP contribution in [0.2, 0.25) is 0 Å². The molecule has 0 aromatic rings. The molecular formula is C4H11CaMgNO. The number of hydrogen-bond donors (Lipinski definition) is 1. The van der Waals surface area contributed by atoms with E-state index < -0.39 is 0 Å². The molecule has 0 radical (unpaired) electrons. The second-order valence-corrected chi connectivity index (χ2v) is 1.45. The molecule has 1 aliphatic heterocycles. The number of hydrogen-bond acceptors (Lipinski definition) is 1. The smallest absolute Gasteiger partial charge is 1.00 e. The van der Waals surface area contributed by atoms with Crippen LogP contribution in [-0.4, -0.2) is 73.2 Å². The van der Waals surface area contributed by atoms with E-state index in [4.69, 9.17) is 0 Å². The van der Waals surface area contributed by atoms with Gasteiger partial charge >= 0.3 is 60.8 Å². The van der Waals surface area contributed by atoms with Crippen LogP contribution in [0.1, 0.15) is 18.5 Å². The second-order valence-electron chi connectivity index (χ2n) is 1.45. The van der Waals surface area contributed by atoms with Crippen LogP contribution in [0.3, 0.4) is 0 Å². The first-order valence-electron chi connectivity index (χ1n) is 2.16. The minimum Gasteiger partial charge on any atom is -1.00 e. The molecule has 0 unspecified atom stereocenters. The summed E-state index contributed by atoms with van der Waals surface area (Å²) in [5, 5.41) is 2.68. The average molecular weight is 154 g/mol. The van der Waals surface area contributed by atoms with Gasteiger partial charge in [-0.2, -0.15) is 0 Å². The topological polar surface area (TPSA) is 29.1 Å². The Kier molecular flexibility index (Phi) is 10.1. The monoisotopic (exact) mass is 153 g/mol. The van der Waals surface area contributed by atoms with Crippen LogP contribution in [0.5, 0.6) is 0 Å². The minimum atomic E-state index is 0. The molecule has 1 heterocycles. The Balaban J connectivity index is -0.0000000150. The van der Waals surface area contributed by atoms with E-state index in [0.717, 1.165) is 19.4 Å². The fourth-order valence-electron chi connectivity index (χ4n) is 0.565. The molecular weight excluding hydrogens is 142 g/mol. The summed E-state index contributed by atoms with van der Waals surface area (Å²) in [5.41, 5.74) is 0. The van der Waals surface area contributed by atoms with Gasteiger partial charge in [-0.3, -0.25) is 4.79 Å². The van der Waals surface area contributed by atoms with E-state index in [1.165, 1.54) is 0 Å². The third-order valence-corrected chi connectivity index (χ3v) is 0.903. The molecule has 1 aliphatic rings. The van der Waals surface area contributed by atoms with E-state index in [9.17, 15) is 4.79 Å². The van der Waals surface area contributed by atoms with Gasteiger partial charge < -0.3 is 11.0 Å². The van der Waals surface area contributed by atoms with Gasteiger partial charge in [0.05, 0.1) is 0 Å². The molecule has 0 saturated carbocycles. The Morgan fingerprint density at radius 3 is 2.38 bits per heavy atom. The Hall–Kier alpha value is 1.50. The fraction of sp³-hybridized carbons (Fsp3) is 0.750. The van der Waals surface area contributed by atoms with Crippen molar-refractivity contribution >= 4 is 66.7 Å². The summed E-state index contributed by atoms with van der Waals surface area (Å²) < 4.78 is 0. The predicted molar refractivity (Wildman–Crippen MR) is 38.2 cm³/mol. The van der Waals surface area contributed by atoms with Crippen LogP contribution in [0, 0.1) is 0 Å². The zero-order chi connectivity index (χ0) is 4.41. The van der Waals surface area contributed by atoms with Crippen LogP contribution in [-0.2, 0) is 4.79 Å². The van der Waals surface area contributed by atoms with E-state index in [-0.39, 0.29) is 72.4 Å². The molecule has 0 bridgehead atoms. The molecule has 1 amide bonds. The Morgan fingerprint density at radius 2 is 2.25 bits per heavy atom. The van der Waals surface area contributed by atoms with Gasteiger partial charge in [-0.15, -0.1) is 0 Å². The summed E-state index contributed by atoms with van der Waals surface area (Å²) in [6.45, 7) is 0.888. The third kappa shape index (κ3) is 4.38. The van der Waals surface area contributed by atoms with Crippen LogP contribution < -0.4 is 5.32 Å². The van der Waals surface area contributed by atoms with Gasteiger partial charge in [0.25, 0.3) is 0 Å². The van der Waals surface area contributed by atoms with Gasteiger partial charge in [-0.05, 0) is 6.42 Å². The first-order chi connectivity index (χ1) is 2.89. The van der Waals surface area contributed by atoms with Gasteiger partial charge in [0, 0.05) is 13.0 Å². The summed E-state index contributed by atoms with van der Waals surface area (Å²) in [6, 6.07) is 0. The molecule has 1 fully saturated rings. The van der Waals surface area contributed by atoms with Crippen molar-refractivity contribution in [1.82, 2.24) is 5.32 Å². The molecule has 1 rings (SSSR count). The normalized spacial score (nSPS) is 15.8. The first kappa shape index (κ1) is 12.2. The molecule has 0 aliphatic carbocycles. The molecule has 8 heavy (non-hydrogen) atoms. The molecule has 1 saturated heterocycles. The molecule has 2 nitrogen and oxygen atoms in total. The Bertz CT molecular complexity index is 81.5. The van der Waals surface area contributed by atoms with Crippen molar-refractivity contribution in [2.24, 2.45) is 0 Å². The molecule has 0 spiro atoms. The molecule has 0 aromatic heterocycles. The minimum absolute atomic E-state index is 0. The van der Waals surface area contributed by atoms with Crippen molar-refractivity contribution < 1.29 is 10.5 Å². The number of nitrogens with one attached hydrogen (secondary N) is 1. The first-order valence-corrected chi connectivity index (χ1v) is 2.16. The van der Waals surface area contributed by atoms with E-state index >= 15 is 0 Å². The van der Waals surface area contributed by atoms with E-state index in [2.05, 4.69) is 5.32 Å². The van der Waals surface area contributed by atoms with Gasteiger partial charge in [0.1, 0.15) is 0 Å². The van der Waals surface area contributed by atoms with Crippen molar-refractivity contribution in [2.75, 3.05) is 6.54 Å². The van der Waals surface area contributed by atoms with Crippen molar-refractivity contribution in [3.05, 3.63) is 0 Å². The van der Waals surface area contributed by atoms with E-state index in [1.807, 2.05) is 0 Å². The fourth-order valence-corrected chi connectivity index (χ4v) is 0.565. The molecule has 4 heteroatoms. The molecule has 0 aromatic carbocycles. The Morgan fingerprint density at radius 1 is 1.62 bits per heavy atom. The largest absolute Gasteiger partial charge is 2.00 e. The van der Waals surface area contributed by atoms with Crippen molar-refractivity contribution in [3.63, 3.8) is 0 Å². The van der Waals surface area contributed by atoms with Crippen molar-refractivity contribution in [3.8, 4) is 0 Å². The van der Waals surface area contributed by atoms with E-state index in [1.54, 1.807) is 0 Å². The summed E-state index contributed by atoms with van der Waals surface area (Å²) >= 11 is 0. The third-order valence-electron chi connectivity index (χ3n) is 0.903. The summed E-state index contributed by atoms with van der Waals surface area (Å²) in [5.74, 6) is 0.204. The standard InChI is InChI=1S/C4H7NO.Ca.Mg.4H/c6-4-2-1-3-5-4;;;;;;/h1-3H2,(H,5,6);;;;;;/q;2*+2;4*-1. The average Bonchev–Trinajstić information content (AvgIpc) is 1.86. The van der Waals surface area contributed by atoms with Gasteiger partial charge in [-0.1, -0.05) is 0 Å². The maximum absolute atomic E-state index is 10.1.